The van der Waals surface area contributed by atoms with Gasteiger partial charge in [-0.2, -0.15) is 0 Å². The van der Waals surface area contributed by atoms with Crippen LogP contribution in [-0.2, 0) is 4.74 Å². The summed E-state index contributed by atoms with van der Waals surface area (Å²) >= 11 is 0. The van der Waals surface area contributed by atoms with Crippen molar-refractivity contribution < 1.29 is 4.74 Å². The van der Waals surface area contributed by atoms with Crippen molar-refractivity contribution >= 4 is 6.08 Å². The van der Waals surface area contributed by atoms with Crippen LogP contribution in [0.25, 0.3) is 6.08 Å². The number of allylic oxidation sites excluding steroid dienone is 2. The van der Waals surface area contributed by atoms with E-state index in [2.05, 4.69) is 67.3 Å². The van der Waals surface area contributed by atoms with E-state index < -0.39 is 0 Å². The van der Waals surface area contributed by atoms with E-state index in [-0.39, 0.29) is 0 Å². The molecule has 132 valence electrons. The Hall–Kier alpha value is -1.54. The van der Waals surface area contributed by atoms with Crippen molar-refractivity contribution in [1.82, 2.24) is 4.90 Å². The van der Waals surface area contributed by atoms with E-state index in [1.54, 1.807) is 0 Å². The fourth-order valence-electron chi connectivity index (χ4n) is 3.29. The van der Waals surface area contributed by atoms with E-state index in [9.17, 15) is 0 Å². The predicted octanol–water partition coefficient (Wildman–Crippen LogP) is 6.01. The molecule has 2 heteroatoms. The van der Waals surface area contributed by atoms with Gasteiger partial charge in [-0.05, 0) is 37.8 Å². The van der Waals surface area contributed by atoms with Crippen LogP contribution < -0.4 is 0 Å². The molecule has 0 amide bonds. The van der Waals surface area contributed by atoms with Crippen molar-refractivity contribution in [2.45, 2.75) is 64.8 Å². The number of ether oxygens (including phenoxy) is 1. The zero-order valence-electron chi connectivity index (χ0n) is 15.4. The molecule has 1 fully saturated rings. The van der Waals surface area contributed by atoms with Gasteiger partial charge in [0, 0.05) is 18.3 Å². The number of nitrogens with zero attached hydrogens (tertiary/aromatic N) is 1. The number of unbranched alkanes of at least 4 members (excludes halogenated alkanes) is 1. The van der Waals surface area contributed by atoms with Crippen molar-refractivity contribution in [1.29, 1.82) is 0 Å². The van der Waals surface area contributed by atoms with Gasteiger partial charge >= 0.3 is 0 Å². The van der Waals surface area contributed by atoms with E-state index in [1.807, 2.05) is 0 Å². The van der Waals surface area contributed by atoms with Crippen LogP contribution in [0.5, 0.6) is 0 Å². The highest BCUT2D eigenvalue weighted by molar-refractivity contribution is 5.52. The normalized spacial score (nSPS) is 16.7. The monoisotopic (exact) mass is 327 g/mol. The Balaban J connectivity index is 2.18. The maximum atomic E-state index is 5.81. The molecule has 2 rings (SSSR count). The summed E-state index contributed by atoms with van der Waals surface area (Å²) in [6.45, 7) is 5.79. The molecule has 1 aromatic rings. The lowest BCUT2D eigenvalue weighted by Gasteiger charge is -2.36. The first kappa shape index (κ1) is 18.8. The smallest absolute Gasteiger partial charge is 0.119 e. The minimum absolute atomic E-state index is 0.619. The second-order valence-corrected chi connectivity index (χ2v) is 6.55. The van der Waals surface area contributed by atoms with E-state index >= 15 is 0 Å². The molecule has 0 aliphatic heterocycles. The molecule has 0 atom stereocenters. The van der Waals surface area contributed by atoms with Gasteiger partial charge in [-0.3, -0.25) is 0 Å². The molecule has 0 radical (unpaired) electrons. The van der Waals surface area contributed by atoms with E-state index in [4.69, 9.17) is 4.74 Å². The highest BCUT2D eigenvalue weighted by atomic mass is 16.5. The van der Waals surface area contributed by atoms with Gasteiger partial charge in [-0.15, -0.1) is 0 Å². The topological polar surface area (TPSA) is 12.5 Å². The van der Waals surface area contributed by atoms with Crippen molar-refractivity contribution in [3.05, 3.63) is 53.7 Å². The summed E-state index contributed by atoms with van der Waals surface area (Å²) in [6.07, 6.45) is 15.8. The van der Waals surface area contributed by atoms with Gasteiger partial charge in [0.1, 0.15) is 6.73 Å². The van der Waals surface area contributed by atoms with Crippen molar-refractivity contribution in [2.24, 2.45) is 0 Å². The highest BCUT2D eigenvalue weighted by Crippen LogP contribution is 2.26. The Labute approximate surface area is 148 Å². The maximum absolute atomic E-state index is 5.81. The van der Waals surface area contributed by atoms with Gasteiger partial charge in [0.2, 0.25) is 0 Å². The SMILES string of the molecule is CCC/C=C(\C=C\c1ccccc1)N(COCC)C1CCCCC1. The molecule has 0 heterocycles. The van der Waals surface area contributed by atoms with Crippen LogP contribution in [0.3, 0.4) is 0 Å². The molecular formula is C22H33NO. The van der Waals surface area contributed by atoms with Crippen LogP contribution in [0.1, 0.15) is 64.4 Å². The first-order chi connectivity index (χ1) is 11.8. The van der Waals surface area contributed by atoms with Gasteiger partial charge < -0.3 is 9.64 Å². The summed E-state index contributed by atoms with van der Waals surface area (Å²) in [5.74, 6) is 0. The Morgan fingerprint density at radius 3 is 2.54 bits per heavy atom. The lowest BCUT2D eigenvalue weighted by Crippen LogP contribution is -2.37. The van der Waals surface area contributed by atoms with Crippen molar-refractivity contribution in [3.63, 3.8) is 0 Å². The number of rotatable bonds is 9. The first-order valence-electron chi connectivity index (χ1n) is 9.62. The first-order valence-corrected chi connectivity index (χ1v) is 9.62. The minimum Gasteiger partial charge on any atom is -0.361 e. The van der Waals surface area contributed by atoms with Crippen molar-refractivity contribution in [2.75, 3.05) is 13.3 Å². The molecule has 0 bridgehead atoms. The second kappa shape index (κ2) is 11.1. The van der Waals surface area contributed by atoms with Gasteiger partial charge in [0.15, 0.2) is 0 Å². The molecule has 0 spiro atoms. The fraction of sp³-hybridized carbons (Fsp3) is 0.545. The Morgan fingerprint density at radius 1 is 1.12 bits per heavy atom. The quantitative estimate of drug-likeness (QED) is 0.406. The molecule has 1 aromatic carbocycles. The van der Waals surface area contributed by atoms with E-state index in [1.165, 1.54) is 49.8 Å². The molecule has 24 heavy (non-hydrogen) atoms. The standard InChI is InChI=1S/C22H33NO/c1-3-5-14-22(18-17-20-12-8-6-9-13-20)23(19-24-4-2)21-15-10-7-11-16-21/h6,8-9,12-14,17-18,21H,3-5,7,10-11,15-16,19H2,1-2H3/b18-17+,22-14+. The number of hydrogen-bond donors (Lipinski definition) is 0. The summed E-state index contributed by atoms with van der Waals surface area (Å²) < 4.78 is 5.81. The Kier molecular flexibility index (Phi) is 8.69. The van der Waals surface area contributed by atoms with E-state index in [0.29, 0.717) is 12.8 Å². The third-order valence-electron chi connectivity index (χ3n) is 4.67. The molecule has 1 aliphatic rings. The van der Waals surface area contributed by atoms with Crippen LogP contribution in [0.15, 0.2) is 48.2 Å². The summed E-state index contributed by atoms with van der Waals surface area (Å²) in [5, 5.41) is 0. The third-order valence-corrected chi connectivity index (χ3v) is 4.67. The molecule has 0 unspecified atom stereocenters. The van der Waals surface area contributed by atoms with Crippen LogP contribution >= 0.6 is 0 Å². The predicted molar refractivity (Wildman–Crippen MR) is 104 cm³/mol. The number of benzene rings is 1. The molecule has 0 aromatic heterocycles. The summed E-state index contributed by atoms with van der Waals surface area (Å²) in [5.41, 5.74) is 2.57. The van der Waals surface area contributed by atoms with E-state index in [0.717, 1.165) is 13.0 Å². The lowest BCUT2D eigenvalue weighted by atomic mass is 9.94. The van der Waals surface area contributed by atoms with Crippen LogP contribution in [0, 0.1) is 0 Å². The van der Waals surface area contributed by atoms with Gasteiger partial charge in [-0.1, -0.05) is 75.1 Å². The molecular weight excluding hydrogens is 294 g/mol. The summed E-state index contributed by atoms with van der Waals surface area (Å²) in [7, 11) is 0. The zero-order valence-corrected chi connectivity index (χ0v) is 15.4. The van der Waals surface area contributed by atoms with Gasteiger partial charge in [0.05, 0.1) is 0 Å². The fourth-order valence-corrected chi connectivity index (χ4v) is 3.29. The van der Waals surface area contributed by atoms with Crippen molar-refractivity contribution in [3.8, 4) is 0 Å². The maximum Gasteiger partial charge on any atom is 0.119 e. The average molecular weight is 328 g/mol. The van der Waals surface area contributed by atoms with Crippen LogP contribution in [0.4, 0.5) is 0 Å². The summed E-state index contributed by atoms with van der Waals surface area (Å²) in [6, 6.07) is 11.2. The molecule has 0 saturated heterocycles. The molecule has 2 nitrogen and oxygen atoms in total. The minimum atomic E-state index is 0.619. The van der Waals surface area contributed by atoms with Gasteiger partial charge in [-0.25, -0.2) is 0 Å². The third kappa shape index (κ3) is 6.16. The second-order valence-electron chi connectivity index (χ2n) is 6.55. The Bertz CT molecular complexity index is 500. The highest BCUT2D eigenvalue weighted by Gasteiger charge is 2.22. The van der Waals surface area contributed by atoms with Gasteiger partial charge in [0.25, 0.3) is 0 Å². The zero-order chi connectivity index (χ0) is 17.0. The number of hydrogen-bond acceptors (Lipinski definition) is 2. The average Bonchev–Trinajstić information content (AvgIpc) is 2.65. The lowest BCUT2D eigenvalue weighted by molar-refractivity contribution is 0.0254. The molecule has 1 saturated carbocycles. The Morgan fingerprint density at radius 2 is 1.88 bits per heavy atom. The molecule has 1 aliphatic carbocycles. The molecule has 0 N–H and O–H groups in total. The van der Waals surface area contributed by atoms with Crippen LogP contribution in [-0.4, -0.2) is 24.3 Å². The summed E-state index contributed by atoms with van der Waals surface area (Å²) in [4.78, 5) is 2.50. The van der Waals surface area contributed by atoms with Crippen LogP contribution in [0.2, 0.25) is 0 Å². The largest absolute Gasteiger partial charge is 0.361 e.